The summed E-state index contributed by atoms with van der Waals surface area (Å²) in [4.78, 5) is 20.6. The molecule has 0 spiro atoms. The van der Waals surface area contributed by atoms with Crippen molar-refractivity contribution >= 4 is 11.9 Å². The highest BCUT2D eigenvalue weighted by Crippen LogP contribution is 2.24. The summed E-state index contributed by atoms with van der Waals surface area (Å²) in [6, 6.07) is 6.45. The fourth-order valence-electron chi connectivity index (χ4n) is 2.46. The van der Waals surface area contributed by atoms with Crippen LogP contribution in [0.1, 0.15) is 30.9 Å². The van der Waals surface area contributed by atoms with Crippen molar-refractivity contribution in [3.05, 3.63) is 29.3 Å². The number of hydrogen-bond acceptors (Lipinski definition) is 6. The van der Waals surface area contributed by atoms with Crippen LogP contribution < -0.4 is 4.74 Å². The number of carbonyl (C=O) groups is 2. The number of aryl methyl sites for hydroxylation is 1. The molecule has 158 valence electrons. The van der Waals surface area contributed by atoms with E-state index in [1.165, 1.54) is 11.1 Å². The Morgan fingerprint density at radius 2 is 1.75 bits per heavy atom. The molecule has 0 aliphatic carbocycles. The van der Waals surface area contributed by atoms with E-state index >= 15 is 0 Å². The lowest BCUT2D eigenvalue weighted by atomic mass is 10.0. The summed E-state index contributed by atoms with van der Waals surface area (Å²) in [5.74, 6) is -2.15. The highest BCUT2D eigenvalue weighted by molar-refractivity contribution is 6.27. The minimum absolute atomic E-state index is 0.521. The van der Waals surface area contributed by atoms with Crippen molar-refractivity contribution in [2.75, 3.05) is 52.7 Å². The van der Waals surface area contributed by atoms with Crippen molar-refractivity contribution in [1.82, 2.24) is 4.90 Å². The van der Waals surface area contributed by atoms with Gasteiger partial charge in [-0.2, -0.15) is 0 Å². The number of rotatable bonds is 8. The highest BCUT2D eigenvalue weighted by Gasteiger charge is 2.09. The van der Waals surface area contributed by atoms with E-state index in [9.17, 15) is 0 Å². The summed E-state index contributed by atoms with van der Waals surface area (Å²) in [5, 5.41) is 14.8. The second-order valence-electron chi connectivity index (χ2n) is 6.70. The van der Waals surface area contributed by atoms with Gasteiger partial charge in [0.2, 0.25) is 0 Å². The van der Waals surface area contributed by atoms with Crippen molar-refractivity contribution in [3.63, 3.8) is 0 Å². The summed E-state index contributed by atoms with van der Waals surface area (Å²) in [6.07, 6.45) is 0. The quantitative estimate of drug-likeness (QED) is 0.507. The molecule has 1 fully saturated rings. The molecule has 1 aromatic rings. The molecule has 8 heteroatoms. The van der Waals surface area contributed by atoms with Crippen LogP contribution in [0.25, 0.3) is 0 Å². The van der Waals surface area contributed by atoms with Crippen molar-refractivity contribution < 1.29 is 34.0 Å². The Labute approximate surface area is 166 Å². The van der Waals surface area contributed by atoms with E-state index in [2.05, 4.69) is 43.9 Å². The predicted octanol–water partition coefficient (Wildman–Crippen LogP) is 2.00. The first-order valence-corrected chi connectivity index (χ1v) is 9.38. The standard InChI is InChI=1S/C18H29NO3.C2H2O4/c1-15(2)17-5-4-16(3)18(14-17)22-13-12-21-11-8-19-6-9-20-10-7-19;3-1(4)2(5)6/h4-5,14-15H,6-13H2,1-3H3;(H,3,4)(H,5,6). The number of benzene rings is 1. The van der Waals surface area contributed by atoms with Gasteiger partial charge in [-0.1, -0.05) is 26.0 Å². The van der Waals surface area contributed by atoms with Gasteiger partial charge in [-0.3, -0.25) is 4.90 Å². The first kappa shape index (κ1) is 23.9. The Bertz CT molecular complexity index is 601. The summed E-state index contributed by atoms with van der Waals surface area (Å²) < 4.78 is 16.9. The molecule has 0 unspecified atom stereocenters. The Balaban J connectivity index is 0.000000568. The van der Waals surface area contributed by atoms with Crippen molar-refractivity contribution in [3.8, 4) is 5.75 Å². The molecule has 2 N–H and O–H groups in total. The monoisotopic (exact) mass is 397 g/mol. The Morgan fingerprint density at radius 1 is 1.11 bits per heavy atom. The molecule has 0 aromatic heterocycles. The zero-order chi connectivity index (χ0) is 20.9. The number of aliphatic carboxylic acids is 2. The Hall–Kier alpha value is -2.16. The van der Waals surface area contributed by atoms with Crippen LogP contribution in [0.4, 0.5) is 0 Å². The number of carboxylic acid groups (broad SMARTS) is 2. The molecule has 1 aliphatic rings. The predicted molar refractivity (Wildman–Crippen MR) is 104 cm³/mol. The van der Waals surface area contributed by atoms with Gasteiger partial charge in [0.1, 0.15) is 12.4 Å². The maximum absolute atomic E-state index is 9.10. The summed E-state index contributed by atoms with van der Waals surface area (Å²) in [5.41, 5.74) is 2.49. The summed E-state index contributed by atoms with van der Waals surface area (Å²) >= 11 is 0. The molecule has 0 saturated carbocycles. The minimum Gasteiger partial charge on any atom is -0.491 e. The zero-order valence-corrected chi connectivity index (χ0v) is 16.8. The van der Waals surface area contributed by atoms with E-state index in [1.54, 1.807) is 0 Å². The molecule has 8 nitrogen and oxygen atoms in total. The number of morpholine rings is 1. The van der Waals surface area contributed by atoms with Crippen LogP contribution in [0, 0.1) is 6.92 Å². The van der Waals surface area contributed by atoms with Gasteiger partial charge in [-0.15, -0.1) is 0 Å². The van der Waals surface area contributed by atoms with Gasteiger partial charge in [0.05, 0.1) is 26.4 Å². The van der Waals surface area contributed by atoms with Crippen molar-refractivity contribution in [1.29, 1.82) is 0 Å². The van der Waals surface area contributed by atoms with Crippen LogP contribution in [-0.4, -0.2) is 79.7 Å². The molecule has 1 saturated heterocycles. The second kappa shape index (κ2) is 13.1. The lowest BCUT2D eigenvalue weighted by molar-refractivity contribution is -0.159. The van der Waals surface area contributed by atoms with Gasteiger partial charge >= 0.3 is 11.9 Å². The molecule has 1 heterocycles. The third-order valence-corrected chi connectivity index (χ3v) is 4.20. The van der Waals surface area contributed by atoms with E-state index in [1.807, 2.05) is 0 Å². The molecular formula is C20H31NO7. The average Bonchev–Trinajstić information content (AvgIpc) is 2.67. The molecule has 0 radical (unpaired) electrons. The summed E-state index contributed by atoms with van der Waals surface area (Å²) in [6.45, 7) is 13.2. The number of hydrogen-bond donors (Lipinski definition) is 2. The van der Waals surface area contributed by atoms with Gasteiger partial charge < -0.3 is 24.4 Å². The molecule has 28 heavy (non-hydrogen) atoms. The van der Waals surface area contributed by atoms with Crippen molar-refractivity contribution in [2.45, 2.75) is 26.7 Å². The van der Waals surface area contributed by atoms with Gasteiger partial charge in [-0.05, 0) is 30.0 Å². The molecule has 0 bridgehead atoms. The van der Waals surface area contributed by atoms with Crippen LogP contribution >= 0.6 is 0 Å². The third-order valence-electron chi connectivity index (χ3n) is 4.20. The third kappa shape index (κ3) is 9.68. The first-order chi connectivity index (χ1) is 13.3. The van der Waals surface area contributed by atoms with Gasteiger partial charge in [-0.25, -0.2) is 9.59 Å². The van der Waals surface area contributed by atoms with Crippen LogP contribution in [-0.2, 0) is 19.1 Å². The van der Waals surface area contributed by atoms with Crippen LogP contribution in [0.15, 0.2) is 18.2 Å². The fourth-order valence-corrected chi connectivity index (χ4v) is 2.46. The topological polar surface area (TPSA) is 106 Å². The Morgan fingerprint density at radius 3 is 2.32 bits per heavy atom. The van der Waals surface area contributed by atoms with E-state index in [0.29, 0.717) is 19.1 Å². The normalized spacial score (nSPS) is 14.3. The highest BCUT2D eigenvalue weighted by atomic mass is 16.5. The molecule has 2 rings (SSSR count). The number of nitrogens with zero attached hydrogens (tertiary/aromatic N) is 1. The van der Waals surface area contributed by atoms with Crippen molar-refractivity contribution in [2.24, 2.45) is 0 Å². The molecular weight excluding hydrogens is 366 g/mol. The minimum atomic E-state index is -1.82. The number of ether oxygens (including phenoxy) is 3. The van der Waals surface area contributed by atoms with Gasteiger partial charge in [0.15, 0.2) is 0 Å². The van der Waals surface area contributed by atoms with Gasteiger partial charge in [0, 0.05) is 19.6 Å². The maximum atomic E-state index is 9.10. The van der Waals surface area contributed by atoms with Gasteiger partial charge in [0.25, 0.3) is 0 Å². The average molecular weight is 397 g/mol. The summed E-state index contributed by atoms with van der Waals surface area (Å²) in [7, 11) is 0. The first-order valence-electron chi connectivity index (χ1n) is 9.38. The maximum Gasteiger partial charge on any atom is 0.414 e. The number of carboxylic acids is 2. The van der Waals surface area contributed by atoms with E-state index in [4.69, 9.17) is 34.0 Å². The Kier molecular flexibility index (Phi) is 11.2. The molecule has 1 aromatic carbocycles. The lowest BCUT2D eigenvalue weighted by Crippen LogP contribution is -2.38. The molecule has 0 amide bonds. The molecule has 0 atom stereocenters. The SMILES string of the molecule is Cc1ccc(C(C)C)cc1OCCOCCN1CCOCC1.O=C(O)C(=O)O. The lowest BCUT2D eigenvalue weighted by Gasteiger charge is -2.26. The second-order valence-corrected chi connectivity index (χ2v) is 6.70. The smallest absolute Gasteiger partial charge is 0.414 e. The van der Waals surface area contributed by atoms with E-state index in [0.717, 1.165) is 45.2 Å². The largest absolute Gasteiger partial charge is 0.491 e. The zero-order valence-electron chi connectivity index (χ0n) is 16.8. The molecule has 1 aliphatic heterocycles. The van der Waals surface area contributed by atoms with Crippen LogP contribution in [0.2, 0.25) is 0 Å². The fraction of sp³-hybridized carbons (Fsp3) is 0.600. The van der Waals surface area contributed by atoms with E-state index < -0.39 is 11.9 Å². The van der Waals surface area contributed by atoms with E-state index in [-0.39, 0.29) is 0 Å². The van der Waals surface area contributed by atoms with Crippen LogP contribution in [0.3, 0.4) is 0 Å². The van der Waals surface area contributed by atoms with Crippen LogP contribution in [0.5, 0.6) is 5.75 Å².